The van der Waals surface area contributed by atoms with Crippen molar-refractivity contribution >= 4 is 0 Å². The number of nitrogens with two attached hydrogens (primary N) is 1. The Labute approximate surface area is 84.9 Å². The number of rotatable bonds is 5. The van der Waals surface area contributed by atoms with Gasteiger partial charge in [-0.3, -0.25) is 5.84 Å². The molecule has 0 bridgehead atoms. The predicted molar refractivity (Wildman–Crippen MR) is 56.4 cm³/mol. The maximum atomic E-state index is 5.45. The van der Waals surface area contributed by atoms with Gasteiger partial charge in [0.15, 0.2) is 0 Å². The van der Waals surface area contributed by atoms with E-state index in [0.29, 0.717) is 0 Å². The summed E-state index contributed by atoms with van der Waals surface area (Å²) in [5.41, 5.74) is 3.82. The molecule has 0 saturated heterocycles. The van der Waals surface area contributed by atoms with Gasteiger partial charge in [-0.05, 0) is 18.9 Å². The molecule has 1 unspecified atom stereocenters. The standard InChI is InChI=1S/C10H18N4/c1-3-4-5-9(14-11)10-12-6-8(2)7-13-10/h6-7,9,14H,3-5,11H2,1-2H3. The van der Waals surface area contributed by atoms with Crippen LogP contribution < -0.4 is 11.3 Å². The molecule has 0 saturated carbocycles. The van der Waals surface area contributed by atoms with E-state index in [0.717, 1.165) is 30.7 Å². The van der Waals surface area contributed by atoms with Crippen LogP contribution in [0.15, 0.2) is 12.4 Å². The molecule has 78 valence electrons. The Morgan fingerprint density at radius 1 is 1.43 bits per heavy atom. The van der Waals surface area contributed by atoms with Crippen LogP contribution in [0, 0.1) is 6.92 Å². The maximum Gasteiger partial charge on any atom is 0.146 e. The molecule has 1 atom stereocenters. The zero-order valence-corrected chi connectivity index (χ0v) is 8.83. The molecule has 1 heterocycles. The summed E-state index contributed by atoms with van der Waals surface area (Å²) in [6.07, 6.45) is 6.91. The summed E-state index contributed by atoms with van der Waals surface area (Å²) in [7, 11) is 0. The molecule has 0 radical (unpaired) electrons. The van der Waals surface area contributed by atoms with Gasteiger partial charge in [0.1, 0.15) is 5.82 Å². The van der Waals surface area contributed by atoms with E-state index in [1.807, 2.05) is 19.3 Å². The highest BCUT2D eigenvalue weighted by atomic mass is 15.2. The highest BCUT2D eigenvalue weighted by Gasteiger charge is 2.10. The number of nitrogens with zero attached hydrogens (tertiary/aromatic N) is 2. The fourth-order valence-corrected chi connectivity index (χ4v) is 1.28. The highest BCUT2D eigenvalue weighted by molar-refractivity contribution is 5.04. The first-order valence-electron chi connectivity index (χ1n) is 5.02. The lowest BCUT2D eigenvalue weighted by molar-refractivity contribution is 0.472. The first-order chi connectivity index (χ1) is 6.77. The molecule has 0 aromatic carbocycles. The van der Waals surface area contributed by atoms with Crippen molar-refractivity contribution in [3.05, 3.63) is 23.8 Å². The summed E-state index contributed by atoms with van der Waals surface area (Å²) in [5, 5.41) is 0. The number of nitrogens with one attached hydrogen (secondary N) is 1. The molecule has 1 rings (SSSR count). The van der Waals surface area contributed by atoms with Gasteiger partial charge in [0.05, 0.1) is 6.04 Å². The Kier molecular flexibility index (Phi) is 4.49. The average molecular weight is 194 g/mol. The van der Waals surface area contributed by atoms with Gasteiger partial charge in [0.25, 0.3) is 0 Å². The van der Waals surface area contributed by atoms with Crippen LogP contribution >= 0.6 is 0 Å². The van der Waals surface area contributed by atoms with Crippen LogP contribution in [-0.2, 0) is 0 Å². The van der Waals surface area contributed by atoms with Gasteiger partial charge in [0.2, 0.25) is 0 Å². The second-order valence-corrected chi connectivity index (χ2v) is 3.48. The molecule has 4 nitrogen and oxygen atoms in total. The third-order valence-electron chi connectivity index (χ3n) is 2.16. The van der Waals surface area contributed by atoms with Gasteiger partial charge in [0, 0.05) is 12.4 Å². The second kappa shape index (κ2) is 5.67. The van der Waals surface area contributed by atoms with Gasteiger partial charge in [-0.1, -0.05) is 19.8 Å². The maximum absolute atomic E-state index is 5.45. The summed E-state index contributed by atoms with van der Waals surface area (Å²) >= 11 is 0. The normalized spacial score (nSPS) is 12.8. The van der Waals surface area contributed by atoms with E-state index in [2.05, 4.69) is 22.3 Å². The highest BCUT2D eigenvalue weighted by Crippen LogP contribution is 2.13. The first kappa shape index (κ1) is 11.1. The molecule has 4 heteroatoms. The zero-order chi connectivity index (χ0) is 10.4. The lowest BCUT2D eigenvalue weighted by Gasteiger charge is -2.13. The Morgan fingerprint density at radius 2 is 2.07 bits per heavy atom. The van der Waals surface area contributed by atoms with Crippen LogP contribution in [0.4, 0.5) is 0 Å². The second-order valence-electron chi connectivity index (χ2n) is 3.48. The number of hydrogen-bond acceptors (Lipinski definition) is 4. The zero-order valence-electron chi connectivity index (χ0n) is 8.83. The average Bonchev–Trinajstić information content (AvgIpc) is 2.21. The molecule has 3 N–H and O–H groups in total. The molecule has 0 aliphatic rings. The molecule has 0 fully saturated rings. The largest absolute Gasteiger partial charge is 0.271 e. The molecule has 0 spiro atoms. The van der Waals surface area contributed by atoms with Crippen molar-refractivity contribution < 1.29 is 0 Å². The summed E-state index contributed by atoms with van der Waals surface area (Å²) in [6, 6.07) is 0.0792. The number of aromatic nitrogens is 2. The Morgan fingerprint density at radius 3 is 2.57 bits per heavy atom. The van der Waals surface area contributed by atoms with Crippen molar-refractivity contribution in [2.45, 2.75) is 39.2 Å². The summed E-state index contributed by atoms with van der Waals surface area (Å²) in [4.78, 5) is 8.50. The van der Waals surface area contributed by atoms with Gasteiger partial charge in [-0.25, -0.2) is 15.4 Å². The third kappa shape index (κ3) is 3.05. The van der Waals surface area contributed by atoms with Crippen LogP contribution in [-0.4, -0.2) is 9.97 Å². The van der Waals surface area contributed by atoms with Gasteiger partial charge in [-0.2, -0.15) is 0 Å². The Balaban J connectivity index is 2.64. The number of aryl methyl sites for hydroxylation is 1. The molecule has 0 aliphatic carbocycles. The Hall–Kier alpha value is -1.00. The molecule has 0 aliphatic heterocycles. The van der Waals surface area contributed by atoms with E-state index in [4.69, 9.17) is 5.84 Å². The van der Waals surface area contributed by atoms with Crippen LogP contribution in [0.5, 0.6) is 0 Å². The SMILES string of the molecule is CCCCC(NN)c1ncc(C)cn1. The smallest absolute Gasteiger partial charge is 0.146 e. The van der Waals surface area contributed by atoms with Crippen molar-refractivity contribution in [2.75, 3.05) is 0 Å². The van der Waals surface area contributed by atoms with Crippen LogP contribution in [0.2, 0.25) is 0 Å². The summed E-state index contributed by atoms with van der Waals surface area (Å²) in [5.74, 6) is 6.24. The number of hydrazine groups is 1. The van der Waals surface area contributed by atoms with Crippen molar-refractivity contribution in [3.63, 3.8) is 0 Å². The van der Waals surface area contributed by atoms with Crippen molar-refractivity contribution in [3.8, 4) is 0 Å². The van der Waals surface area contributed by atoms with E-state index < -0.39 is 0 Å². The van der Waals surface area contributed by atoms with E-state index in [9.17, 15) is 0 Å². The minimum absolute atomic E-state index is 0.0792. The minimum atomic E-state index is 0.0792. The molecular formula is C10H18N4. The lowest BCUT2D eigenvalue weighted by Crippen LogP contribution is -2.29. The molecule has 1 aromatic heterocycles. The Bertz CT molecular complexity index is 257. The minimum Gasteiger partial charge on any atom is -0.271 e. The fraction of sp³-hybridized carbons (Fsp3) is 0.600. The lowest BCUT2D eigenvalue weighted by atomic mass is 10.1. The summed E-state index contributed by atoms with van der Waals surface area (Å²) in [6.45, 7) is 4.13. The number of unbranched alkanes of at least 4 members (excludes halogenated alkanes) is 1. The topological polar surface area (TPSA) is 63.8 Å². The summed E-state index contributed by atoms with van der Waals surface area (Å²) < 4.78 is 0. The van der Waals surface area contributed by atoms with Gasteiger partial charge >= 0.3 is 0 Å². The van der Waals surface area contributed by atoms with Gasteiger partial charge < -0.3 is 0 Å². The molecule has 1 aromatic rings. The molecular weight excluding hydrogens is 176 g/mol. The van der Waals surface area contributed by atoms with Crippen LogP contribution in [0.3, 0.4) is 0 Å². The quantitative estimate of drug-likeness (QED) is 0.550. The van der Waals surface area contributed by atoms with Crippen LogP contribution in [0.25, 0.3) is 0 Å². The van der Waals surface area contributed by atoms with E-state index in [1.54, 1.807) is 0 Å². The molecule has 14 heavy (non-hydrogen) atoms. The fourth-order valence-electron chi connectivity index (χ4n) is 1.28. The number of hydrogen-bond donors (Lipinski definition) is 2. The third-order valence-corrected chi connectivity index (χ3v) is 2.16. The predicted octanol–water partition coefficient (Wildman–Crippen LogP) is 1.48. The first-order valence-corrected chi connectivity index (χ1v) is 5.02. The van der Waals surface area contributed by atoms with Gasteiger partial charge in [-0.15, -0.1) is 0 Å². The molecule has 0 amide bonds. The van der Waals surface area contributed by atoms with Crippen LogP contribution in [0.1, 0.15) is 43.6 Å². The monoisotopic (exact) mass is 194 g/mol. The van der Waals surface area contributed by atoms with Crippen molar-refractivity contribution in [1.29, 1.82) is 0 Å². The van der Waals surface area contributed by atoms with E-state index in [1.165, 1.54) is 0 Å². The van der Waals surface area contributed by atoms with Crippen molar-refractivity contribution in [2.24, 2.45) is 5.84 Å². The van der Waals surface area contributed by atoms with E-state index in [-0.39, 0.29) is 6.04 Å². The van der Waals surface area contributed by atoms with E-state index >= 15 is 0 Å². The van der Waals surface area contributed by atoms with Crippen molar-refractivity contribution in [1.82, 2.24) is 15.4 Å².